The number of hydrogen-bond acceptors (Lipinski definition) is 6. The summed E-state index contributed by atoms with van der Waals surface area (Å²) < 4.78 is 0. The van der Waals surface area contributed by atoms with E-state index in [2.05, 4.69) is 25.3 Å². The number of nitrogens with one attached hydrogen (secondary N) is 2. The van der Waals surface area contributed by atoms with Crippen molar-refractivity contribution in [3.8, 4) is 6.07 Å². The van der Waals surface area contributed by atoms with Gasteiger partial charge in [-0.15, -0.1) is 0 Å². The summed E-state index contributed by atoms with van der Waals surface area (Å²) in [6, 6.07) is 6.67. The smallest absolute Gasteiger partial charge is 0.272 e. The van der Waals surface area contributed by atoms with Crippen molar-refractivity contribution in [2.75, 3.05) is 5.32 Å². The molecule has 2 N–H and O–H groups in total. The van der Waals surface area contributed by atoms with Crippen molar-refractivity contribution in [2.24, 2.45) is 0 Å². The Kier molecular flexibility index (Phi) is 4.15. The highest BCUT2D eigenvalue weighted by Crippen LogP contribution is 2.18. The van der Waals surface area contributed by atoms with Crippen LogP contribution < -0.4 is 10.9 Å². The number of nitrogens with zero attached hydrogens (tertiary/aromatic N) is 4. The Hall–Kier alpha value is -2.98. The standard InChI is InChI=1S/C16H13ClN6O/c1-8-10(6-18)7-19-16(20-8)21-9(2)14-15(24)23-12-4-3-11(17)5-13(12)22-14/h3-5,7,9H,1-2H3,(H,23,24)(H,19,20,21)/t9-/m0/s1. The number of halogens is 1. The number of aromatic amines is 1. The number of benzene rings is 1. The molecular weight excluding hydrogens is 328 g/mol. The molecule has 1 atom stereocenters. The van der Waals surface area contributed by atoms with Gasteiger partial charge >= 0.3 is 0 Å². The molecule has 0 radical (unpaired) electrons. The molecule has 0 saturated heterocycles. The Labute approximate surface area is 142 Å². The monoisotopic (exact) mass is 340 g/mol. The van der Waals surface area contributed by atoms with Crippen LogP contribution in [0.4, 0.5) is 5.95 Å². The fourth-order valence-corrected chi connectivity index (χ4v) is 2.44. The maximum Gasteiger partial charge on any atom is 0.272 e. The van der Waals surface area contributed by atoms with Crippen molar-refractivity contribution in [3.05, 3.63) is 56.7 Å². The summed E-state index contributed by atoms with van der Waals surface area (Å²) in [6.45, 7) is 3.50. The van der Waals surface area contributed by atoms with Crippen molar-refractivity contribution in [2.45, 2.75) is 19.9 Å². The summed E-state index contributed by atoms with van der Waals surface area (Å²) in [4.78, 5) is 27.7. The van der Waals surface area contributed by atoms with E-state index in [1.54, 1.807) is 32.0 Å². The molecule has 7 nitrogen and oxygen atoms in total. The molecule has 3 rings (SSSR count). The van der Waals surface area contributed by atoms with Gasteiger partial charge in [0.1, 0.15) is 11.8 Å². The normalized spacial score (nSPS) is 11.9. The quantitative estimate of drug-likeness (QED) is 0.759. The highest BCUT2D eigenvalue weighted by molar-refractivity contribution is 6.31. The molecule has 0 amide bonds. The Morgan fingerprint density at radius 1 is 1.38 bits per heavy atom. The molecular formula is C16H13ClN6O. The minimum Gasteiger partial charge on any atom is -0.346 e. The first-order valence-electron chi connectivity index (χ1n) is 7.17. The Balaban J connectivity index is 1.95. The van der Waals surface area contributed by atoms with Gasteiger partial charge in [-0.3, -0.25) is 4.79 Å². The van der Waals surface area contributed by atoms with Gasteiger partial charge in [0.05, 0.1) is 34.5 Å². The molecule has 2 aromatic heterocycles. The van der Waals surface area contributed by atoms with E-state index in [1.807, 2.05) is 6.07 Å². The average molecular weight is 341 g/mol. The first-order chi connectivity index (χ1) is 11.5. The van der Waals surface area contributed by atoms with Gasteiger partial charge in [-0.1, -0.05) is 11.6 Å². The van der Waals surface area contributed by atoms with Crippen LogP contribution in [0.1, 0.15) is 29.9 Å². The molecule has 24 heavy (non-hydrogen) atoms. The van der Waals surface area contributed by atoms with Gasteiger partial charge in [-0.05, 0) is 32.0 Å². The maximum absolute atomic E-state index is 12.2. The maximum atomic E-state index is 12.2. The van der Waals surface area contributed by atoms with Crippen molar-refractivity contribution >= 4 is 28.6 Å². The van der Waals surface area contributed by atoms with Gasteiger partial charge in [0.25, 0.3) is 5.56 Å². The molecule has 0 bridgehead atoms. The van der Waals surface area contributed by atoms with Crippen LogP contribution >= 0.6 is 11.6 Å². The van der Waals surface area contributed by atoms with E-state index in [-0.39, 0.29) is 5.56 Å². The van der Waals surface area contributed by atoms with Crippen LogP contribution in [0.3, 0.4) is 0 Å². The van der Waals surface area contributed by atoms with Crippen LogP contribution in [0.5, 0.6) is 0 Å². The number of fused-ring (bicyclic) bond motifs is 1. The largest absolute Gasteiger partial charge is 0.346 e. The number of aryl methyl sites for hydroxylation is 1. The van der Waals surface area contributed by atoms with Crippen LogP contribution in [0, 0.1) is 18.3 Å². The number of aromatic nitrogens is 4. The van der Waals surface area contributed by atoms with Crippen LogP contribution in [-0.4, -0.2) is 19.9 Å². The lowest BCUT2D eigenvalue weighted by molar-refractivity contribution is 0.805. The summed E-state index contributed by atoms with van der Waals surface area (Å²) >= 11 is 5.97. The fourth-order valence-electron chi connectivity index (χ4n) is 2.27. The predicted octanol–water partition coefficient (Wildman–Crippen LogP) is 2.72. The van der Waals surface area contributed by atoms with Gasteiger partial charge in [-0.2, -0.15) is 5.26 Å². The fraction of sp³-hybridized carbons (Fsp3) is 0.188. The zero-order valence-electron chi connectivity index (χ0n) is 13.0. The summed E-state index contributed by atoms with van der Waals surface area (Å²) in [6.07, 6.45) is 1.44. The minimum atomic E-state index is -0.426. The second-order valence-corrected chi connectivity index (χ2v) is 5.72. The van der Waals surface area contributed by atoms with E-state index in [4.69, 9.17) is 16.9 Å². The van der Waals surface area contributed by atoms with E-state index in [0.29, 0.717) is 39.0 Å². The molecule has 0 aliphatic heterocycles. The van der Waals surface area contributed by atoms with E-state index < -0.39 is 6.04 Å². The number of rotatable bonds is 3. The first kappa shape index (κ1) is 15.9. The average Bonchev–Trinajstić information content (AvgIpc) is 2.54. The van der Waals surface area contributed by atoms with E-state index >= 15 is 0 Å². The molecule has 0 spiro atoms. The van der Waals surface area contributed by atoms with Crippen LogP contribution in [0.25, 0.3) is 11.0 Å². The Morgan fingerprint density at radius 2 is 2.17 bits per heavy atom. The van der Waals surface area contributed by atoms with Gasteiger partial charge in [0.15, 0.2) is 0 Å². The van der Waals surface area contributed by atoms with Crippen molar-refractivity contribution in [3.63, 3.8) is 0 Å². The molecule has 0 aliphatic carbocycles. The highest BCUT2D eigenvalue weighted by Gasteiger charge is 2.15. The predicted molar refractivity (Wildman–Crippen MR) is 90.9 cm³/mol. The molecule has 1 aromatic carbocycles. The number of nitriles is 1. The molecule has 2 heterocycles. The third-order valence-electron chi connectivity index (χ3n) is 3.54. The van der Waals surface area contributed by atoms with E-state index in [0.717, 1.165) is 0 Å². The second kappa shape index (κ2) is 6.26. The van der Waals surface area contributed by atoms with Crippen LogP contribution in [0.15, 0.2) is 29.2 Å². The summed E-state index contributed by atoms with van der Waals surface area (Å²) in [7, 11) is 0. The van der Waals surface area contributed by atoms with E-state index in [9.17, 15) is 4.79 Å². The molecule has 0 aliphatic rings. The van der Waals surface area contributed by atoms with Crippen molar-refractivity contribution in [1.82, 2.24) is 19.9 Å². The molecule has 0 saturated carbocycles. The van der Waals surface area contributed by atoms with Gasteiger partial charge in [0, 0.05) is 5.02 Å². The third-order valence-corrected chi connectivity index (χ3v) is 3.77. The zero-order valence-corrected chi connectivity index (χ0v) is 13.7. The lowest BCUT2D eigenvalue weighted by Crippen LogP contribution is -2.22. The van der Waals surface area contributed by atoms with Crippen molar-refractivity contribution < 1.29 is 0 Å². The number of hydrogen-bond donors (Lipinski definition) is 2. The SMILES string of the molecule is Cc1nc(N[C@@H](C)c2nc3cc(Cl)ccc3[nH]c2=O)ncc1C#N. The topological polar surface area (TPSA) is 107 Å². The summed E-state index contributed by atoms with van der Waals surface area (Å²) in [5.41, 5.74) is 2.19. The van der Waals surface area contributed by atoms with E-state index in [1.165, 1.54) is 6.20 Å². The molecule has 8 heteroatoms. The molecule has 0 fully saturated rings. The molecule has 0 unspecified atom stereocenters. The van der Waals surface area contributed by atoms with Gasteiger partial charge in [0.2, 0.25) is 5.95 Å². The second-order valence-electron chi connectivity index (χ2n) is 5.28. The van der Waals surface area contributed by atoms with Crippen LogP contribution in [0.2, 0.25) is 5.02 Å². The third kappa shape index (κ3) is 3.05. The molecule has 120 valence electrons. The molecule has 3 aromatic rings. The van der Waals surface area contributed by atoms with Crippen LogP contribution in [-0.2, 0) is 0 Å². The van der Waals surface area contributed by atoms with Gasteiger partial charge < -0.3 is 10.3 Å². The number of anilines is 1. The summed E-state index contributed by atoms with van der Waals surface area (Å²) in [5.74, 6) is 0.325. The number of H-pyrrole nitrogens is 1. The Morgan fingerprint density at radius 3 is 2.88 bits per heavy atom. The van der Waals surface area contributed by atoms with Crippen molar-refractivity contribution in [1.29, 1.82) is 5.26 Å². The highest BCUT2D eigenvalue weighted by atomic mass is 35.5. The Bertz CT molecular complexity index is 1020. The lowest BCUT2D eigenvalue weighted by Gasteiger charge is -2.13. The van der Waals surface area contributed by atoms with Gasteiger partial charge in [-0.25, -0.2) is 15.0 Å². The minimum absolute atomic E-state index is 0.296. The summed E-state index contributed by atoms with van der Waals surface area (Å²) in [5, 5.41) is 12.5. The lowest BCUT2D eigenvalue weighted by atomic mass is 10.2. The zero-order chi connectivity index (χ0) is 17.3. The first-order valence-corrected chi connectivity index (χ1v) is 7.55.